The molecule has 176 valence electrons. The zero-order valence-corrected chi connectivity index (χ0v) is 19.4. The molecule has 2 aromatic rings. The quantitative estimate of drug-likeness (QED) is 0.668. The zero-order chi connectivity index (χ0) is 23.2. The standard InChI is InChI=1S/C26H33N3O4/c1-32-22-10-7-18(8-11-22)16-27-26(31)28-21-9-12-23(24(15-21)33-2)25(30)29-14-13-19-5-3-4-6-20(19)17-29/h7-12,15,19-20H,3-6,13-14,16-17H2,1-2H3,(H2,27,28,31). The number of nitrogens with one attached hydrogen (secondary N) is 2. The van der Waals surface area contributed by atoms with Crippen LogP contribution in [0.1, 0.15) is 48.0 Å². The van der Waals surface area contributed by atoms with Crippen molar-refractivity contribution in [1.29, 1.82) is 0 Å². The molecule has 1 saturated heterocycles. The van der Waals surface area contributed by atoms with Gasteiger partial charge in [-0.15, -0.1) is 0 Å². The Morgan fingerprint density at radius 2 is 1.73 bits per heavy atom. The molecule has 4 rings (SSSR count). The Morgan fingerprint density at radius 3 is 2.45 bits per heavy atom. The van der Waals surface area contributed by atoms with Gasteiger partial charge >= 0.3 is 6.03 Å². The molecule has 2 aromatic carbocycles. The average Bonchev–Trinajstić information content (AvgIpc) is 2.87. The molecule has 7 nitrogen and oxygen atoms in total. The third kappa shape index (κ3) is 5.59. The first-order valence-electron chi connectivity index (χ1n) is 11.7. The van der Waals surface area contributed by atoms with Gasteiger partial charge in [0.15, 0.2) is 0 Å². The highest BCUT2D eigenvalue weighted by atomic mass is 16.5. The topological polar surface area (TPSA) is 79.9 Å². The molecule has 7 heteroatoms. The van der Waals surface area contributed by atoms with E-state index in [4.69, 9.17) is 9.47 Å². The molecule has 2 unspecified atom stereocenters. The molecule has 1 saturated carbocycles. The average molecular weight is 452 g/mol. The third-order valence-corrected chi connectivity index (χ3v) is 6.88. The van der Waals surface area contributed by atoms with Crippen LogP contribution in [-0.2, 0) is 6.54 Å². The van der Waals surface area contributed by atoms with Crippen molar-refractivity contribution < 1.29 is 19.1 Å². The van der Waals surface area contributed by atoms with Gasteiger partial charge in [0.05, 0.1) is 19.8 Å². The third-order valence-electron chi connectivity index (χ3n) is 6.88. The monoisotopic (exact) mass is 451 g/mol. The van der Waals surface area contributed by atoms with Gasteiger partial charge < -0.3 is 25.0 Å². The number of hydrogen-bond acceptors (Lipinski definition) is 4. The van der Waals surface area contributed by atoms with Crippen molar-refractivity contribution in [3.63, 3.8) is 0 Å². The molecule has 2 aliphatic rings. The number of anilines is 1. The number of fused-ring (bicyclic) bond motifs is 1. The Hall–Kier alpha value is -3.22. The summed E-state index contributed by atoms with van der Waals surface area (Å²) in [6.07, 6.45) is 6.21. The lowest BCUT2D eigenvalue weighted by Gasteiger charge is -2.41. The van der Waals surface area contributed by atoms with Crippen molar-refractivity contribution in [1.82, 2.24) is 10.2 Å². The number of amides is 3. The fourth-order valence-corrected chi connectivity index (χ4v) is 5.00. The fourth-order valence-electron chi connectivity index (χ4n) is 5.00. The zero-order valence-electron chi connectivity index (χ0n) is 19.4. The molecule has 2 atom stereocenters. The van der Waals surface area contributed by atoms with Crippen molar-refractivity contribution >= 4 is 17.6 Å². The number of hydrogen-bond donors (Lipinski definition) is 2. The van der Waals surface area contributed by atoms with Gasteiger partial charge in [-0.3, -0.25) is 4.79 Å². The number of carbonyl (C=O) groups excluding carboxylic acids is 2. The molecular formula is C26H33N3O4. The summed E-state index contributed by atoms with van der Waals surface area (Å²) in [5, 5.41) is 5.64. The minimum atomic E-state index is -0.327. The number of urea groups is 1. The van der Waals surface area contributed by atoms with Crippen molar-refractivity contribution in [2.75, 3.05) is 32.6 Å². The van der Waals surface area contributed by atoms with E-state index >= 15 is 0 Å². The van der Waals surface area contributed by atoms with Crippen LogP contribution in [-0.4, -0.2) is 44.1 Å². The van der Waals surface area contributed by atoms with E-state index in [0.29, 0.717) is 29.5 Å². The van der Waals surface area contributed by atoms with Gasteiger partial charge in [-0.25, -0.2) is 4.79 Å². The van der Waals surface area contributed by atoms with Crippen molar-refractivity contribution in [3.05, 3.63) is 53.6 Å². The first-order chi connectivity index (χ1) is 16.1. The van der Waals surface area contributed by atoms with Gasteiger partial charge in [-0.05, 0) is 54.5 Å². The van der Waals surface area contributed by atoms with E-state index in [1.807, 2.05) is 29.2 Å². The highest BCUT2D eigenvalue weighted by Gasteiger charge is 2.33. The van der Waals surface area contributed by atoms with Crippen LogP contribution >= 0.6 is 0 Å². The molecule has 0 bridgehead atoms. The van der Waals surface area contributed by atoms with Crippen LogP contribution in [0.15, 0.2) is 42.5 Å². The van der Waals surface area contributed by atoms with E-state index in [9.17, 15) is 9.59 Å². The van der Waals surface area contributed by atoms with Gasteiger partial charge in [0, 0.05) is 31.4 Å². The number of benzene rings is 2. The van der Waals surface area contributed by atoms with Crippen LogP contribution in [0.2, 0.25) is 0 Å². The predicted molar refractivity (Wildman–Crippen MR) is 128 cm³/mol. The second-order valence-corrected chi connectivity index (χ2v) is 8.92. The Kier molecular flexibility index (Phi) is 7.37. The fraction of sp³-hybridized carbons (Fsp3) is 0.462. The predicted octanol–water partition coefficient (Wildman–Crippen LogP) is 4.68. The molecule has 2 N–H and O–H groups in total. The number of likely N-dealkylation sites (tertiary alicyclic amines) is 1. The molecular weight excluding hydrogens is 418 g/mol. The Balaban J connectivity index is 1.35. The summed E-state index contributed by atoms with van der Waals surface area (Å²) in [7, 11) is 3.17. The summed E-state index contributed by atoms with van der Waals surface area (Å²) in [6.45, 7) is 2.03. The highest BCUT2D eigenvalue weighted by Crippen LogP contribution is 2.37. The van der Waals surface area contributed by atoms with E-state index in [2.05, 4.69) is 10.6 Å². The molecule has 0 radical (unpaired) electrons. The van der Waals surface area contributed by atoms with Crippen LogP contribution in [0.3, 0.4) is 0 Å². The summed E-state index contributed by atoms with van der Waals surface area (Å²) in [5.41, 5.74) is 2.07. The normalized spacial score (nSPS) is 19.9. The number of ether oxygens (including phenoxy) is 2. The Bertz CT molecular complexity index is 976. The van der Waals surface area contributed by atoms with Crippen LogP contribution in [0.4, 0.5) is 10.5 Å². The van der Waals surface area contributed by atoms with Gasteiger partial charge in [0.25, 0.3) is 5.91 Å². The molecule has 0 spiro atoms. The van der Waals surface area contributed by atoms with Crippen LogP contribution in [0.25, 0.3) is 0 Å². The van der Waals surface area contributed by atoms with Gasteiger partial charge in [0.1, 0.15) is 11.5 Å². The lowest BCUT2D eigenvalue weighted by atomic mass is 9.75. The second-order valence-electron chi connectivity index (χ2n) is 8.92. The number of methoxy groups -OCH3 is 2. The first kappa shape index (κ1) is 23.0. The SMILES string of the molecule is COc1ccc(CNC(=O)Nc2ccc(C(=O)N3CCC4CCCCC4C3)c(OC)c2)cc1. The van der Waals surface area contributed by atoms with Crippen molar-refractivity contribution in [2.45, 2.75) is 38.6 Å². The summed E-state index contributed by atoms with van der Waals surface area (Å²) in [5.74, 6) is 2.64. The van der Waals surface area contributed by atoms with E-state index in [1.54, 1.807) is 32.4 Å². The number of rotatable bonds is 6. The van der Waals surface area contributed by atoms with Crippen LogP contribution in [0.5, 0.6) is 11.5 Å². The highest BCUT2D eigenvalue weighted by molar-refractivity contribution is 5.98. The van der Waals surface area contributed by atoms with Crippen LogP contribution in [0, 0.1) is 11.8 Å². The minimum Gasteiger partial charge on any atom is -0.497 e. The number of nitrogens with zero attached hydrogens (tertiary/aromatic N) is 1. The Labute approximate surface area is 195 Å². The maximum atomic E-state index is 13.2. The minimum absolute atomic E-state index is 0.00591. The van der Waals surface area contributed by atoms with Gasteiger partial charge in [-0.1, -0.05) is 31.4 Å². The number of carbonyl (C=O) groups is 2. The van der Waals surface area contributed by atoms with E-state index in [-0.39, 0.29) is 11.9 Å². The maximum absolute atomic E-state index is 13.2. The molecule has 0 aromatic heterocycles. The molecule has 3 amide bonds. The van der Waals surface area contributed by atoms with Crippen molar-refractivity contribution in [2.24, 2.45) is 11.8 Å². The van der Waals surface area contributed by atoms with Crippen molar-refractivity contribution in [3.8, 4) is 11.5 Å². The molecule has 33 heavy (non-hydrogen) atoms. The maximum Gasteiger partial charge on any atom is 0.319 e. The van der Waals surface area contributed by atoms with E-state index < -0.39 is 0 Å². The smallest absolute Gasteiger partial charge is 0.319 e. The first-order valence-corrected chi connectivity index (χ1v) is 11.7. The summed E-state index contributed by atoms with van der Waals surface area (Å²) < 4.78 is 10.7. The Morgan fingerprint density at radius 1 is 0.970 bits per heavy atom. The van der Waals surface area contributed by atoms with Gasteiger partial charge in [-0.2, -0.15) is 0 Å². The molecule has 1 aliphatic heterocycles. The number of piperidine rings is 1. The lowest BCUT2D eigenvalue weighted by Crippen LogP contribution is -2.44. The molecule has 1 aliphatic carbocycles. The van der Waals surface area contributed by atoms with E-state index in [1.165, 1.54) is 25.7 Å². The summed E-state index contributed by atoms with van der Waals surface area (Å²) in [6, 6.07) is 12.4. The van der Waals surface area contributed by atoms with Gasteiger partial charge in [0.2, 0.25) is 0 Å². The largest absolute Gasteiger partial charge is 0.497 e. The van der Waals surface area contributed by atoms with E-state index in [0.717, 1.165) is 36.7 Å². The molecule has 2 fully saturated rings. The summed E-state index contributed by atoms with van der Waals surface area (Å²) in [4.78, 5) is 27.5. The molecule has 1 heterocycles. The lowest BCUT2D eigenvalue weighted by molar-refractivity contribution is 0.0518. The summed E-state index contributed by atoms with van der Waals surface area (Å²) >= 11 is 0. The van der Waals surface area contributed by atoms with Crippen LogP contribution < -0.4 is 20.1 Å². The second kappa shape index (κ2) is 10.6.